The Morgan fingerprint density at radius 3 is 2.78 bits per heavy atom. The molecule has 1 aliphatic rings. The first-order valence-corrected chi connectivity index (χ1v) is 6.22. The second-order valence-corrected chi connectivity index (χ2v) is 4.70. The van der Waals surface area contributed by atoms with Crippen LogP contribution in [0.5, 0.6) is 0 Å². The van der Waals surface area contributed by atoms with Crippen molar-refractivity contribution in [2.24, 2.45) is 0 Å². The van der Waals surface area contributed by atoms with Gasteiger partial charge >= 0.3 is 0 Å². The number of nitrogens with zero attached hydrogens (tertiary/aromatic N) is 1. The largest absolute Gasteiger partial charge is 0.397 e. The average Bonchev–Trinajstić information content (AvgIpc) is 2.85. The van der Waals surface area contributed by atoms with E-state index >= 15 is 0 Å². The molecule has 0 aromatic heterocycles. The molecule has 0 atom stereocenters. The Bertz CT molecular complexity index is 461. The highest BCUT2D eigenvalue weighted by molar-refractivity contribution is 6.31. The van der Waals surface area contributed by atoms with Gasteiger partial charge in [-0.1, -0.05) is 11.6 Å². The lowest BCUT2D eigenvalue weighted by Gasteiger charge is -2.16. The lowest BCUT2D eigenvalue weighted by Crippen LogP contribution is -2.33. The summed E-state index contributed by atoms with van der Waals surface area (Å²) in [7, 11) is 0. The Morgan fingerprint density at radius 1 is 1.44 bits per heavy atom. The van der Waals surface area contributed by atoms with Crippen LogP contribution >= 0.6 is 11.6 Å². The number of hydrogen-bond donors (Lipinski definition) is 2. The molecule has 6 heteroatoms. The van der Waals surface area contributed by atoms with E-state index in [0.29, 0.717) is 5.69 Å². The van der Waals surface area contributed by atoms with E-state index in [2.05, 4.69) is 5.32 Å². The standard InChI is InChI=1S/C12H15ClFN3O/c13-8-5-11(10(15)6-9(8)14)16-7-12(18)17-3-1-2-4-17/h5-6,16H,1-4,7,15H2. The molecular weight excluding hydrogens is 257 g/mol. The zero-order valence-electron chi connectivity index (χ0n) is 9.88. The molecule has 1 saturated heterocycles. The molecule has 18 heavy (non-hydrogen) atoms. The predicted octanol–water partition coefficient (Wildman–Crippen LogP) is 2.10. The molecule has 1 heterocycles. The van der Waals surface area contributed by atoms with Crippen LogP contribution in [0.1, 0.15) is 12.8 Å². The zero-order chi connectivity index (χ0) is 13.1. The van der Waals surface area contributed by atoms with Gasteiger partial charge in [-0.3, -0.25) is 4.79 Å². The average molecular weight is 272 g/mol. The minimum atomic E-state index is -0.564. The van der Waals surface area contributed by atoms with Gasteiger partial charge in [0.1, 0.15) is 5.82 Å². The number of amides is 1. The van der Waals surface area contributed by atoms with Gasteiger partial charge < -0.3 is 16.0 Å². The van der Waals surface area contributed by atoms with Crippen molar-refractivity contribution < 1.29 is 9.18 Å². The fourth-order valence-electron chi connectivity index (χ4n) is 1.96. The summed E-state index contributed by atoms with van der Waals surface area (Å²) in [6, 6.07) is 2.54. The van der Waals surface area contributed by atoms with Crippen molar-refractivity contribution in [3.63, 3.8) is 0 Å². The molecule has 1 aliphatic heterocycles. The molecule has 1 aromatic carbocycles. The molecule has 1 amide bonds. The SMILES string of the molecule is Nc1cc(F)c(Cl)cc1NCC(=O)N1CCCC1. The van der Waals surface area contributed by atoms with Crippen LogP contribution in [-0.2, 0) is 4.79 Å². The van der Waals surface area contributed by atoms with Crippen LogP contribution in [-0.4, -0.2) is 30.4 Å². The molecule has 1 fully saturated rings. The van der Waals surface area contributed by atoms with E-state index < -0.39 is 5.82 Å². The Kier molecular flexibility index (Phi) is 3.91. The summed E-state index contributed by atoms with van der Waals surface area (Å²) in [5.41, 5.74) is 6.37. The lowest BCUT2D eigenvalue weighted by atomic mass is 10.2. The molecule has 3 N–H and O–H groups in total. The molecular formula is C12H15ClFN3O. The molecule has 0 aliphatic carbocycles. The monoisotopic (exact) mass is 271 g/mol. The Hall–Kier alpha value is -1.49. The molecule has 1 aromatic rings. The highest BCUT2D eigenvalue weighted by Gasteiger charge is 2.17. The van der Waals surface area contributed by atoms with Gasteiger partial charge in [0.05, 0.1) is 22.9 Å². The predicted molar refractivity (Wildman–Crippen MR) is 70.1 cm³/mol. The highest BCUT2D eigenvalue weighted by Crippen LogP contribution is 2.26. The number of carbonyl (C=O) groups is 1. The molecule has 0 radical (unpaired) electrons. The third kappa shape index (κ3) is 2.85. The highest BCUT2D eigenvalue weighted by atomic mass is 35.5. The maximum absolute atomic E-state index is 13.1. The summed E-state index contributed by atoms with van der Waals surface area (Å²) in [5, 5.41) is 2.88. The summed E-state index contributed by atoms with van der Waals surface area (Å²) in [6.45, 7) is 1.76. The van der Waals surface area contributed by atoms with E-state index in [0.717, 1.165) is 32.0 Å². The van der Waals surface area contributed by atoms with Gasteiger partial charge in [-0.05, 0) is 18.9 Å². The van der Waals surface area contributed by atoms with E-state index in [9.17, 15) is 9.18 Å². The number of carbonyl (C=O) groups excluding carboxylic acids is 1. The number of hydrogen-bond acceptors (Lipinski definition) is 3. The first-order valence-electron chi connectivity index (χ1n) is 5.84. The first-order chi connectivity index (χ1) is 8.58. The maximum atomic E-state index is 13.1. The van der Waals surface area contributed by atoms with Crippen LogP contribution < -0.4 is 11.1 Å². The molecule has 4 nitrogen and oxygen atoms in total. The van der Waals surface area contributed by atoms with Gasteiger partial charge in [0.2, 0.25) is 5.91 Å². The summed E-state index contributed by atoms with van der Waals surface area (Å²) < 4.78 is 13.1. The van der Waals surface area contributed by atoms with Crippen molar-refractivity contribution in [1.82, 2.24) is 4.90 Å². The maximum Gasteiger partial charge on any atom is 0.241 e. The molecule has 0 bridgehead atoms. The fraction of sp³-hybridized carbons (Fsp3) is 0.417. The van der Waals surface area contributed by atoms with Crippen molar-refractivity contribution in [2.45, 2.75) is 12.8 Å². The first kappa shape index (κ1) is 13.0. The second kappa shape index (κ2) is 5.44. The van der Waals surface area contributed by atoms with Gasteiger partial charge in [0.25, 0.3) is 0 Å². The third-order valence-electron chi connectivity index (χ3n) is 2.98. The summed E-state index contributed by atoms with van der Waals surface area (Å²) in [4.78, 5) is 13.6. The minimum Gasteiger partial charge on any atom is -0.397 e. The van der Waals surface area contributed by atoms with Crippen LogP contribution in [0.2, 0.25) is 5.02 Å². The van der Waals surface area contributed by atoms with Crippen LogP contribution in [0.15, 0.2) is 12.1 Å². The number of nitrogens with one attached hydrogen (secondary N) is 1. The fourth-order valence-corrected chi connectivity index (χ4v) is 2.13. The Morgan fingerprint density at radius 2 is 2.11 bits per heavy atom. The van der Waals surface area contributed by atoms with Crippen molar-refractivity contribution >= 4 is 28.9 Å². The number of rotatable bonds is 3. The summed E-state index contributed by atoms with van der Waals surface area (Å²) in [5.74, 6) is -0.544. The van der Waals surface area contributed by atoms with Crippen molar-refractivity contribution in [3.8, 4) is 0 Å². The van der Waals surface area contributed by atoms with Crippen LogP contribution in [0.3, 0.4) is 0 Å². The van der Waals surface area contributed by atoms with E-state index in [1.54, 1.807) is 4.90 Å². The molecule has 0 spiro atoms. The quantitative estimate of drug-likeness (QED) is 0.828. The van der Waals surface area contributed by atoms with E-state index in [-0.39, 0.29) is 23.2 Å². The summed E-state index contributed by atoms with van der Waals surface area (Å²) >= 11 is 5.66. The number of nitrogen functional groups attached to an aromatic ring is 1. The van der Waals surface area contributed by atoms with Gasteiger partial charge in [-0.2, -0.15) is 0 Å². The van der Waals surface area contributed by atoms with Gasteiger partial charge in [0, 0.05) is 19.2 Å². The number of anilines is 2. The van der Waals surface area contributed by atoms with Crippen molar-refractivity contribution in [2.75, 3.05) is 30.7 Å². The smallest absolute Gasteiger partial charge is 0.241 e. The van der Waals surface area contributed by atoms with Crippen molar-refractivity contribution in [3.05, 3.63) is 23.0 Å². The molecule has 0 saturated carbocycles. The van der Waals surface area contributed by atoms with Crippen molar-refractivity contribution in [1.29, 1.82) is 0 Å². The number of halogens is 2. The zero-order valence-corrected chi connectivity index (χ0v) is 10.6. The number of nitrogens with two attached hydrogens (primary N) is 1. The normalized spacial score (nSPS) is 14.9. The lowest BCUT2D eigenvalue weighted by molar-refractivity contribution is -0.128. The van der Waals surface area contributed by atoms with Gasteiger partial charge in [0.15, 0.2) is 0 Å². The second-order valence-electron chi connectivity index (χ2n) is 4.30. The molecule has 2 rings (SSSR count). The topological polar surface area (TPSA) is 58.4 Å². The number of likely N-dealkylation sites (tertiary alicyclic amines) is 1. The molecule has 0 unspecified atom stereocenters. The van der Waals surface area contributed by atoms with Crippen LogP contribution in [0.4, 0.5) is 15.8 Å². The molecule has 98 valence electrons. The van der Waals surface area contributed by atoms with Gasteiger partial charge in [-0.15, -0.1) is 0 Å². The summed E-state index contributed by atoms with van der Waals surface area (Å²) in [6.07, 6.45) is 2.10. The minimum absolute atomic E-state index is 0.0136. The number of benzene rings is 1. The Labute approximate surface area is 110 Å². The van der Waals surface area contributed by atoms with Gasteiger partial charge in [-0.25, -0.2) is 4.39 Å². The van der Waals surface area contributed by atoms with E-state index in [1.807, 2.05) is 0 Å². The van der Waals surface area contributed by atoms with Crippen LogP contribution in [0, 0.1) is 5.82 Å². The van der Waals surface area contributed by atoms with E-state index in [1.165, 1.54) is 6.07 Å². The third-order valence-corrected chi connectivity index (χ3v) is 3.27. The van der Waals surface area contributed by atoms with E-state index in [4.69, 9.17) is 17.3 Å². The van der Waals surface area contributed by atoms with Crippen LogP contribution in [0.25, 0.3) is 0 Å². The Balaban J connectivity index is 1.97.